The number of anilines is 1. The molecule has 0 unspecified atom stereocenters. The van der Waals surface area contributed by atoms with E-state index in [0.717, 1.165) is 20.7 Å². The largest absolute Gasteiger partial charge is 0.495 e. The number of nitrogens with zero attached hydrogens (tertiary/aromatic N) is 2. The molecule has 0 bridgehead atoms. The minimum atomic E-state index is -0.308. The van der Waals surface area contributed by atoms with Gasteiger partial charge in [-0.15, -0.1) is 11.3 Å². The summed E-state index contributed by atoms with van der Waals surface area (Å²) in [5, 5.41) is 4.00. The van der Waals surface area contributed by atoms with Gasteiger partial charge in [-0.1, -0.05) is 11.6 Å². The molecule has 1 N–H and O–H groups in total. The van der Waals surface area contributed by atoms with Gasteiger partial charge >= 0.3 is 0 Å². The van der Waals surface area contributed by atoms with Gasteiger partial charge in [0.1, 0.15) is 16.9 Å². The van der Waals surface area contributed by atoms with Crippen LogP contribution in [0.1, 0.15) is 10.4 Å². The van der Waals surface area contributed by atoms with Crippen LogP contribution in [-0.4, -0.2) is 29.6 Å². The van der Waals surface area contributed by atoms with Crippen LogP contribution in [0.2, 0.25) is 5.02 Å². The van der Waals surface area contributed by atoms with E-state index in [-0.39, 0.29) is 12.5 Å². The Morgan fingerprint density at radius 3 is 2.84 bits per heavy atom. The zero-order valence-corrected chi connectivity index (χ0v) is 15.5. The number of ether oxygens (including phenoxy) is 2. The van der Waals surface area contributed by atoms with E-state index in [2.05, 4.69) is 15.3 Å². The lowest BCUT2D eigenvalue weighted by Crippen LogP contribution is -2.20. The van der Waals surface area contributed by atoms with Gasteiger partial charge in [0.05, 0.1) is 17.5 Å². The fourth-order valence-electron chi connectivity index (χ4n) is 2.33. The third-order valence-corrected chi connectivity index (χ3v) is 5.12. The third-order valence-electron chi connectivity index (χ3n) is 3.71. The summed E-state index contributed by atoms with van der Waals surface area (Å²) in [6.07, 6.45) is 1.44. The van der Waals surface area contributed by atoms with E-state index >= 15 is 0 Å². The van der Waals surface area contributed by atoms with Gasteiger partial charge in [-0.05, 0) is 37.6 Å². The van der Waals surface area contributed by atoms with Crippen molar-refractivity contribution in [3.05, 3.63) is 40.0 Å². The van der Waals surface area contributed by atoms with Crippen LogP contribution in [0.4, 0.5) is 5.69 Å². The summed E-state index contributed by atoms with van der Waals surface area (Å²) in [6.45, 7) is 3.85. The van der Waals surface area contributed by atoms with Crippen molar-refractivity contribution in [2.75, 3.05) is 19.0 Å². The Bertz CT molecular complexity index is 942. The second-order valence-corrected chi connectivity index (χ2v) is 6.94. The van der Waals surface area contributed by atoms with E-state index in [1.165, 1.54) is 13.4 Å². The zero-order chi connectivity index (χ0) is 18.0. The molecule has 0 saturated carbocycles. The molecule has 0 spiro atoms. The van der Waals surface area contributed by atoms with E-state index in [1.54, 1.807) is 29.5 Å². The number of carbonyl (C=O) groups excluding carboxylic acids is 1. The van der Waals surface area contributed by atoms with Crippen LogP contribution in [0.25, 0.3) is 10.2 Å². The standard InChI is InChI=1S/C17H16ClN3O3S/c1-9-10(2)25-17-15(9)16(19-8-20-17)24-7-14(22)21-11-4-5-13(23-3)12(18)6-11/h4-6,8H,7H2,1-3H3,(H,21,22). The van der Waals surface area contributed by atoms with Crippen LogP contribution in [0.15, 0.2) is 24.5 Å². The Balaban J connectivity index is 1.70. The molecule has 0 saturated heterocycles. The van der Waals surface area contributed by atoms with E-state index in [4.69, 9.17) is 21.1 Å². The predicted octanol–water partition coefficient (Wildman–Crippen LogP) is 3.99. The first-order chi connectivity index (χ1) is 12.0. The quantitative estimate of drug-likeness (QED) is 0.727. The predicted molar refractivity (Wildman–Crippen MR) is 99.0 cm³/mol. The number of nitrogens with one attached hydrogen (secondary N) is 1. The molecular weight excluding hydrogens is 362 g/mol. The molecule has 3 rings (SSSR count). The molecule has 1 amide bonds. The highest BCUT2D eigenvalue weighted by Crippen LogP contribution is 2.33. The van der Waals surface area contributed by atoms with Crippen LogP contribution >= 0.6 is 22.9 Å². The zero-order valence-electron chi connectivity index (χ0n) is 13.9. The summed E-state index contributed by atoms with van der Waals surface area (Å²) in [4.78, 5) is 22.5. The fraction of sp³-hybridized carbons (Fsp3) is 0.235. The van der Waals surface area contributed by atoms with Crippen LogP contribution in [0.3, 0.4) is 0 Å². The molecule has 0 fully saturated rings. The summed E-state index contributed by atoms with van der Waals surface area (Å²) in [6, 6.07) is 5.01. The number of hydrogen-bond acceptors (Lipinski definition) is 6. The Labute approximate surface area is 153 Å². The Morgan fingerprint density at radius 1 is 1.32 bits per heavy atom. The van der Waals surface area contributed by atoms with Crippen LogP contribution in [-0.2, 0) is 4.79 Å². The van der Waals surface area contributed by atoms with E-state index in [0.29, 0.717) is 22.3 Å². The van der Waals surface area contributed by atoms with Gasteiger partial charge in [-0.3, -0.25) is 4.79 Å². The molecule has 2 heterocycles. The van der Waals surface area contributed by atoms with Crippen LogP contribution < -0.4 is 14.8 Å². The molecule has 6 nitrogen and oxygen atoms in total. The normalized spacial score (nSPS) is 10.7. The van der Waals surface area contributed by atoms with E-state index in [1.807, 2.05) is 13.8 Å². The van der Waals surface area contributed by atoms with Crippen molar-refractivity contribution in [1.82, 2.24) is 9.97 Å². The molecule has 130 valence electrons. The minimum absolute atomic E-state index is 0.163. The number of thiophene rings is 1. The average Bonchev–Trinajstić information content (AvgIpc) is 2.88. The van der Waals surface area contributed by atoms with Crippen molar-refractivity contribution in [3.8, 4) is 11.6 Å². The SMILES string of the molecule is COc1ccc(NC(=O)COc2ncnc3sc(C)c(C)c23)cc1Cl. The maximum atomic E-state index is 12.1. The molecule has 8 heteroatoms. The number of fused-ring (bicyclic) bond motifs is 1. The molecule has 3 aromatic rings. The number of carbonyl (C=O) groups is 1. The van der Waals surface area contributed by atoms with Crippen molar-refractivity contribution in [2.24, 2.45) is 0 Å². The van der Waals surface area contributed by atoms with Gasteiger partial charge in [0.2, 0.25) is 5.88 Å². The first kappa shape index (κ1) is 17.4. The van der Waals surface area contributed by atoms with E-state index < -0.39 is 0 Å². The molecule has 2 aromatic heterocycles. The Hall–Kier alpha value is -2.38. The fourth-order valence-corrected chi connectivity index (χ4v) is 3.58. The molecule has 0 radical (unpaired) electrons. The van der Waals surface area contributed by atoms with Crippen LogP contribution in [0.5, 0.6) is 11.6 Å². The number of aryl methyl sites for hydroxylation is 2. The average molecular weight is 378 g/mol. The molecule has 0 aliphatic heterocycles. The lowest BCUT2D eigenvalue weighted by Gasteiger charge is -2.09. The van der Waals surface area contributed by atoms with Crippen molar-refractivity contribution >= 4 is 44.7 Å². The highest BCUT2D eigenvalue weighted by Gasteiger charge is 2.14. The molecule has 0 aliphatic carbocycles. The highest BCUT2D eigenvalue weighted by molar-refractivity contribution is 7.18. The van der Waals surface area contributed by atoms with Gasteiger partial charge in [0.25, 0.3) is 5.91 Å². The topological polar surface area (TPSA) is 73.3 Å². The Morgan fingerprint density at radius 2 is 2.12 bits per heavy atom. The molecule has 25 heavy (non-hydrogen) atoms. The van der Waals surface area contributed by atoms with Gasteiger partial charge in [-0.25, -0.2) is 9.97 Å². The summed E-state index contributed by atoms with van der Waals surface area (Å²) in [5.74, 6) is 0.648. The Kier molecular flexibility index (Phi) is 5.06. The van der Waals surface area contributed by atoms with Crippen molar-refractivity contribution < 1.29 is 14.3 Å². The van der Waals surface area contributed by atoms with Crippen molar-refractivity contribution in [3.63, 3.8) is 0 Å². The summed E-state index contributed by atoms with van der Waals surface area (Å²) >= 11 is 7.62. The second-order valence-electron chi connectivity index (χ2n) is 5.33. The van der Waals surface area contributed by atoms with Crippen LogP contribution in [0, 0.1) is 13.8 Å². The monoisotopic (exact) mass is 377 g/mol. The van der Waals surface area contributed by atoms with Gasteiger partial charge in [0, 0.05) is 10.6 Å². The second kappa shape index (κ2) is 7.25. The third kappa shape index (κ3) is 3.67. The molecule has 1 aromatic carbocycles. The van der Waals surface area contributed by atoms with Crippen molar-refractivity contribution in [1.29, 1.82) is 0 Å². The smallest absolute Gasteiger partial charge is 0.262 e. The number of rotatable bonds is 5. The van der Waals surface area contributed by atoms with Crippen molar-refractivity contribution in [2.45, 2.75) is 13.8 Å². The lowest BCUT2D eigenvalue weighted by atomic mass is 10.2. The summed E-state index contributed by atoms with van der Waals surface area (Å²) < 4.78 is 10.7. The molecule has 0 aliphatic rings. The van der Waals surface area contributed by atoms with Gasteiger partial charge in [0.15, 0.2) is 6.61 Å². The first-order valence-electron chi connectivity index (χ1n) is 7.46. The first-order valence-corrected chi connectivity index (χ1v) is 8.66. The summed E-state index contributed by atoms with van der Waals surface area (Å²) in [7, 11) is 1.53. The minimum Gasteiger partial charge on any atom is -0.495 e. The summed E-state index contributed by atoms with van der Waals surface area (Å²) in [5.41, 5.74) is 1.63. The maximum Gasteiger partial charge on any atom is 0.262 e. The number of hydrogen-bond donors (Lipinski definition) is 1. The number of benzene rings is 1. The number of amides is 1. The van der Waals surface area contributed by atoms with E-state index in [9.17, 15) is 4.79 Å². The maximum absolute atomic E-state index is 12.1. The molecule has 0 atom stereocenters. The highest BCUT2D eigenvalue weighted by atomic mass is 35.5. The van der Waals surface area contributed by atoms with Gasteiger partial charge < -0.3 is 14.8 Å². The molecular formula is C17H16ClN3O3S. The lowest BCUT2D eigenvalue weighted by molar-refractivity contribution is -0.118. The number of aromatic nitrogens is 2. The number of methoxy groups -OCH3 is 1. The van der Waals surface area contributed by atoms with Gasteiger partial charge in [-0.2, -0.15) is 0 Å². The number of halogens is 1.